The van der Waals surface area contributed by atoms with E-state index >= 15 is 0 Å². The van der Waals surface area contributed by atoms with Crippen LogP contribution in [-0.4, -0.2) is 42.4 Å². The molecule has 0 aliphatic carbocycles. The number of carbonyl (C=O) groups excluding carboxylic acids is 1. The number of carbonyl (C=O) groups is 1. The fourth-order valence-electron chi connectivity index (χ4n) is 3.87. The fraction of sp³-hybridized carbons (Fsp3) is 0.364. The highest BCUT2D eigenvalue weighted by Gasteiger charge is 2.37. The molecule has 3 rings (SSSR count). The van der Waals surface area contributed by atoms with Crippen molar-refractivity contribution in [3.05, 3.63) is 60.5 Å². The summed E-state index contributed by atoms with van der Waals surface area (Å²) in [5.74, 6) is 0.697. The van der Waals surface area contributed by atoms with Crippen LogP contribution in [0.4, 0.5) is 11.5 Å². The molecule has 0 spiro atoms. The van der Waals surface area contributed by atoms with Crippen molar-refractivity contribution in [1.29, 1.82) is 0 Å². The number of rotatable bonds is 8. The van der Waals surface area contributed by atoms with Crippen molar-refractivity contribution in [1.82, 2.24) is 9.78 Å². The molecule has 0 radical (unpaired) electrons. The summed E-state index contributed by atoms with van der Waals surface area (Å²) in [5.41, 5.74) is 13.4. The van der Waals surface area contributed by atoms with Gasteiger partial charge in [-0.25, -0.2) is 0 Å². The van der Waals surface area contributed by atoms with E-state index in [1.54, 1.807) is 24.1 Å². The number of para-hydroxylation sites is 2. The van der Waals surface area contributed by atoms with Crippen LogP contribution in [0.25, 0.3) is 0 Å². The van der Waals surface area contributed by atoms with E-state index in [1.165, 1.54) is 0 Å². The van der Waals surface area contributed by atoms with Crippen molar-refractivity contribution >= 4 is 17.4 Å². The van der Waals surface area contributed by atoms with E-state index in [9.17, 15) is 4.79 Å². The number of nitrogens with two attached hydrogens (primary N) is 2. The highest BCUT2D eigenvalue weighted by Crippen LogP contribution is 2.36. The summed E-state index contributed by atoms with van der Waals surface area (Å²) < 4.78 is 7.31. The number of anilines is 2. The molecule has 0 unspecified atom stereocenters. The number of hydrogen-bond acceptors (Lipinski definition) is 6. The molecule has 30 heavy (non-hydrogen) atoms. The number of nitrogens with zero attached hydrogens (tertiary/aromatic N) is 3. The van der Waals surface area contributed by atoms with E-state index < -0.39 is 11.4 Å². The maximum absolute atomic E-state index is 12.0. The summed E-state index contributed by atoms with van der Waals surface area (Å²) in [6, 6.07) is 7.98. The number of allylic oxidation sites excluding steroid dienone is 2. The lowest BCUT2D eigenvalue weighted by Gasteiger charge is -2.42. The predicted molar refractivity (Wildman–Crippen MR) is 120 cm³/mol. The highest BCUT2D eigenvalue weighted by molar-refractivity contribution is 5.97. The Kier molecular flexibility index (Phi) is 6.47. The SMILES string of the molecule is C=C(/C=C\C)Nc1nn(C2(CN)CCN(c3ccccc3OC)CC2)cc1C(N)=O. The Morgan fingerprint density at radius 2 is 2.07 bits per heavy atom. The van der Waals surface area contributed by atoms with Gasteiger partial charge in [0, 0.05) is 31.5 Å². The Labute approximate surface area is 177 Å². The largest absolute Gasteiger partial charge is 0.495 e. The standard InChI is InChI=1S/C22H30N6O2/c1-4-7-16(2)25-21-17(20(24)29)14-28(26-21)22(15-23)10-12-27(13-11-22)18-8-5-6-9-19(18)30-3/h4-9,14H,2,10-13,15,23H2,1,3H3,(H2,24,29)(H,25,26)/b7-4-. The second kappa shape index (κ2) is 9.04. The molecule has 1 aliphatic rings. The van der Waals surface area contributed by atoms with Gasteiger partial charge in [-0.2, -0.15) is 5.10 Å². The Morgan fingerprint density at radius 3 is 2.67 bits per heavy atom. The normalized spacial score (nSPS) is 15.9. The average Bonchev–Trinajstić information content (AvgIpc) is 3.18. The van der Waals surface area contributed by atoms with Gasteiger partial charge in [-0.15, -0.1) is 0 Å². The smallest absolute Gasteiger partial charge is 0.254 e. The summed E-state index contributed by atoms with van der Waals surface area (Å²) in [7, 11) is 1.68. The van der Waals surface area contributed by atoms with Crippen molar-refractivity contribution in [2.45, 2.75) is 25.3 Å². The molecular weight excluding hydrogens is 380 g/mol. The first-order chi connectivity index (χ1) is 14.4. The van der Waals surface area contributed by atoms with Crippen LogP contribution in [0, 0.1) is 0 Å². The number of methoxy groups -OCH3 is 1. The zero-order valence-electron chi connectivity index (χ0n) is 17.6. The van der Waals surface area contributed by atoms with E-state index in [0.29, 0.717) is 23.6 Å². The molecule has 1 aromatic heterocycles. The topological polar surface area (TPSA) is 111 Å². The molecule has 0 bridgehead atoms. The van der Waals surface area contributed by atoms with Crippen LogP contribution >= 0.6 is 0 Å². The molecule has 8 nitrogen and oxygen atoms in total. The first-order valence-corrected chi connectivity index (χ1v) is 10.0. The number of primary amides is 1. The zero-order chi connectivity index (χ0) is 21.7. The quantitative estimate of drug-likeness (QED) is 0.577. The van der Waals surface area contributed by atoms with Crippen LogP contribution in [0.1, 0.15) is 30.1 Å². The molecular formula is C22H30N6O2. The third kappa shape index (κ3) is 4.18. The van der Waals surface area contributed by atoms with Gasteiger partial charge in [0.1, 0.15) is 11.3 Å². The molecule has 1 aliphatic heterocycles. The van der Waals surface area contributed by atoms with Crippen molar-refractivity contribution in [2.24, 2.45) is 11.5 Å². The third-order valence-electron chi connectivity index (χ3n) is 5.61. The lowest BCUT2D eigenvalue weighted by atomic mass is 9.87. The predicted octanol–water partition coefficient (Wildman–Crippen LogP) is 2.45. The summed E-state index contributed by atoms with van der Waals surface area (Å²) >= 11 is 0. The van der Waals surface area contributed by atoms with Crippen LogP contribution in [0.2, 0.25) is 0 Å². The van der Waals surface area contributed by atoms with Crippen LogP contribution in [0.15, 0.2) is 54.9 Å². The van der Waals surface area contributed by atoms with Gasteiger partial charge >= 0.3 is 0 Å². The summed E-state index contributed by atoms with van der Waals surface area (Å²) in [4.78, 5) is 14.3. The number of nitrogens with one attached hydrogen (secondary N) is 1. The first kappa shape index (κ1) is 21.4. The molecule has 0 atom stereocenters. The second-order valence-corrected chi connectivity index (χ2v) is 7.44. The van der Waals surface area contributed by atoms with Gasteiger partial charge in [0.05, 0.1) is 18.3 Å². The lowest BCUT2D eigenvalue weighted by Crippen LogP contribution is -2.50. The maximum atomic E-state index is 12.0. The van der Waals surface area contributed by atoms with Crippen molar-refractivity contribution in [3.63, 3.8) is 0 Å². The number of amides is 1. The van der Waals surface area contributed by atoms with Crippen LogP contribution in [-0.2, 0) is 5.54 Å². The van der Waals surface area contributed by atoms with E-state index in [2.05, 4.69) is 28.0 Å². The Hall–Kier alpha value is -3.26. The van der Waals surface area contributed by atoms with Crippen molar-refractivity contribution in [3.8, 4) is 5.75 Å². The number of piperidine rings is 1. The third-order valence-corrected chi connectivity index (χ3v) is 5.61. The molecule has 1 aromatic carbocycles. The number of aromatic nitrogens is 2. The minimum Gasteiger partial charge on any atom is -0.495 e. The fourth-order valence-corrected chi connectivity index (χ4v) is 3.87. The van der Waals surface area contributed by atoms with Crippen LogP contribution in [0.5, 0.6) is 5.75 Å². The maximum Gasteiger partial charge on any atom is 0.254 e. The number of benzene rings is 1. The van der Waals surface area contributed by atoms with Crippen LogP contribution < -0.4 is 26.4 Å². The summed E-state index contributed by atoms with van der Waals surface area (Å²) in [6.07, 6.45) is 6.89. The zero-order valence-corrected chi connectivity index (χ0v) is 17.6. The summed E-state index contributed by atoms with van der Waals surface area (Å²) in [6.45, 7) is 7.79. The molecule has 160 valence electrons. The number of hydrogen-bond donors (Lipinski definition) is 3. The van der Waals surface area contributed by atoms with Crippen LogP contribution in [0.3, 0.4) is 0 Å². The second-order valence-electron chi connectivity index (χ2n) is 7.44. The van der Waals surface area contributed by atoms with Gasteiger partial charge < -0.3 is 26.4 Å². The summed E-state index contributed by atoms with van der Waals surface area (Å²) in [5, 5.41) is 7.70. The molecule has 2 heterocycles. The molecule has 1 fully saturated rings. The average molecular weight is 411 g/mol. The minimum atomic E-state index is -0.546. The molecule has 1 amide bonds. The van der Waals surface area contributed by atoms with Gasteiger partial charge in [-0.1, -0.05) is 24.8 Å². The van der Waals surface area contributed by atoms with E-state index in [-0.39, 0.29) is 0 Å². The van der Waals surface area contributed by atoms with Gasteiger partial charge in [-0.3, -0.25) is 9.48 Å². The Balaban J connectivity index is 1.85. The molecule has 5 N–H and O–H groups in total. The van der Waals surface area contributed by atoms with Crippen molar-refractivity contribution in [2.75, 3.05) is 37.0 Å². The molecule has 1 saturated heterocycles. The van der Waals surface area contributed by atoms with Gasteiger partial charge in [0.25, 0.3) is 5.91 Å². The van der Waals surface area contributed by atoms with Gasteiger partial charge in [-0.05, 0) is 38.0 Å². The molecule has 2 aromatic rings. The lowest BCUT2D eigenvalue weighted by molar-refractivity contribution is 0.100. The monoisotopic (exact) mass is 410 g/mol. The molecule has 0 saturated carbocycles. The Bertz CT molecular complexity index is 941. The van der Waals surface area contributed by atoms with E-state index in [0.717, 1.165) is 37.4 Å². The molecule has 8 heteroatoms. The van der Waals surface area contributed by atoms with Gasteiger partial charge in [0.15, 0.2) is 5.82 Å². The minimum absolute atomic E-state index is 0.320. The highest BCUT2D eigenvalue weighted by atomic mass is 16.5. The first-order valence-electron chi connectivity index (χ1n) is 10.0. The van der Waals surface area contributed by atoms with Crippen molar-refractivity contribution < 1.29 is 9.53 Å². The van der Waals surface area contributed by atoms with E-state index in [1.807, 2.05) is 31.2 Å². The van der Waals surface area contributed by atoms with Gasteiger partial charge in [0.2, 0.25) is 0 Å². The Morgan fingerprint density at radius 1 is 1.37 bits per heavy atom. The van der Waals surface area contributed by atoms with E-state index in [4.69, 9.17) is 16.2 Å². The number of ether oxygens (including phenoxy) is 1.